The van der Waals surface area contributed by atoms with E-state index in [2.05, 4.69) is 15.1 Å². The molecule has 8 heteroatoms. The molecule has 108 valence electrons. The standard InChI is InChI=1S/C13H10F3N5/c14-13(15,16)9-3-1-2-8(6-9)7-11-18-5-4-10-19-12(17)20-21(10)11/h1-6H,7H2,(H2,17,20). The van der Waals surface area contributed by atoms with E-state index >= 15 is 0 Å². The number of aromatic nitrogens is 4. The first-order valence-corrected chi connectivity index (χ1v) is 6.06. The summed E-state index contributed by atoms with van der Waals surface area (Å²) in [5.74, 6) is 0.560. The lowest BCUT2D eigenvalue weighted by Crippen LogP contribution is -2.07. The Labute approximate surface area is 117 Å². The van der Waals surface area contributed by atoms with Crippen LogP contribution < -0.4 is 5.73 Å². The molecule has 0 unspecified atom stereocenters. The highest BCUT2D eigenvalue weighted by Crippen LogP contribution is 2.29. The smallest absolute Gasteiger partial charge is 0.366 e. The molecule has 2 heterocycles. The third kappa shape index (κ3) is 2.64. The Morgan fingerprint density at radius 3 is 2.76 bits per heavy atom. The Hall–Kier alpha value is -2.64. The lowest BCUT2D eigenvalue weighted by atomic mass is 10.1. The van der Waals surface area contributed by atoms with Gasteiger partial charge in [0, 0.05) is 18.7 Å². The number of nitrogen functional groups attached to an aromatic ring is 1. The zero-order valence-electron chi connectivity index (χ0n) is 10.7. The largest absolute Gasteiger partial charge is 0.416 e. The van der Waals surface area contributed by atoms with Crippen LogP contribution in [0.1, 0.15) is 17.0 Å². The molecule has 0 aliphatic carbocycles. The van der Waals surface area contributed by atoms with Gasteiger partial charge in [0.2, 0.25) is 5.95 Å². The van der Waals surface area contributed by atoms with Crippen LogP contribution in [-0.2, 0) is 12.6 Å². The van der Waals surface area contributed by atoms with Crippen LogP contribution in [0.4, 0.5) is 19.1 Å². The summed E-state index contributed by atoms with van der Waals surface area (Å²) < 4.78 is 39.5. The van der Waals surface area contributed by atoms with E-state index in [0.29, 0.717) is 17.0 Å². The van der Waals surface area contributed by atoms with Crippen LogP contribution >= 0.6 is 0 Å². The van der Waals surface area contributed by atoms with E-state index in [1.165, 1.54) is 16.8 Å². The summed E-state index contributed by atoms with van der Waals surface area (Å²) >= 11 is 0. The Kier molecular flexibility index (Phi) is 3.00. The maximum atomic E-state index is 12.7. The number of nitrogens with two attached hydrogens (primary N) is 1. The van der Waals surface area contributed by atoms with Crippen molar-refractivity contribution in [1.82, 2.24) is 19.6 Å². The van der Waals surface area contributed by atoms with Crippen molar-refractivity contribution in [3.63, 3.8) is 0 Å². The van der Waals surface area contributed by atoms with Crippen molar-refractivity contribution in [1.29, 1.82) is 0 Å². The van der Waals surface area contributed by atoms with Crippen LogP contribution in [0.25, 0.3) is 5.65 Å². The first-order valence-electron chi connectivity index (χ1n) is 6.06. The molecule has 0 saturated heterocycles. The fourth-order valence-electron chi connectivity index (χ4n) is 2.04. The van der Waals surface area contributed by atoms with E-state index in [0.717, 1.165) is 12.1 Å². The molecule has 0 amide bonds. The Morgan fingerprint density at radius 1 is 1.19 bits per heavy atom. The molecule has 0 atom stereocenters. The number of alkyl halides is 3. The predicted octanol–water partition coefficient (Wildman–Crippen LogP) is 2.32. The number of nitrogens with zero attached hydrogens (tertiary/aromatic N) is 4. The minimum Gasteiger partial charge on any atom is -0.366 e. The van der Waals surface area contributed by atoms with Crippen LogP contribution in [-0.4, -0.2) is 19.6 Å². The van der Waals surface area contributed by atoms with Gasteiger partial charge in [-0.2, -0.15) is 22.7 Å². The summed E-state index contributed by atoms with van der Waals surface area (Å²) in [4.78, 5) is 8.11. The molecular weight excluding hydrogens is 283 g/mol. The Balaban J connectivity index is 1.99. The minimum atomic E-state index is -4.37. The van der Waals surface area contributed by atoms with Crippen LogP contribution in [0.2, 0.25) is 0 Å². The minimum absolute atomic E-state index is 0.0910. The molecule has 3 aromatic rings. The summed E-state index contributed by atoms with van der Waals surface area (Å²) in [6, 6.07) is 6.73. The second-order valence-corrected chi connectivity index (χ2v) is 4.48. The van der Waals surface area contributed by atoms with Crippen molar-refractivity contribution in [2.75, 3.05) is 5.73 Å². The molecule has 0 radical (unpaired) electrons. The summed E-state index contributed by atoms with van der Waals surface area (Å²) in [6.45, 7) is 0. The zero-order chi connectivity index (χ0) is 15.0. The van der Waals surface area contributed by atoms with Crippen molar-refractivity contribution in [3.05, 3.63) is 53.5 Å². The molecule has 3 rings (SSSR count). The number of fused-ring (bicyclic) bond motifs is 1. The molecule has 5 nitrogen and oxygen atoms in total. The van der Waals surface area contributed by atoms with Gasteiger partial charge in [-0.25, -0.2) is 4.98 Å². The maximum absolute atomic E-state index is 12.7. The molecule has 1 aromatic carbocycles. The van der Waals surface area contributed by atoms with Gasteiger partial charge in [-0.3, -0.25) is 0 Å². The van der Waals surface area contributed by atoms with Gasteiger partial charge in [-0.1, -0.05) is 18.2 Å². The lowest BCUT2D eigenvalue weighted by Gasteiger charge is -2.08. The monoisotopic (exact) mass is 293 g/mol. The van der Waals surface area contributed by atoms with Crippen molar-refractivity contribution < 1.29 is 13.2 Å². The number of hydrogen-bond acceptors (Lipinski definition) is 4. The topological polar surface area (TPSA) is 69.1 Å². The molecule has 0 spiro atoms. The van der Waals surface area contributed by atoms with Crippen molar-refractivity contribution >= 4 is 11.6 Å². The number of halogens is 3. The molecule has 0 aliphatic rings. The average Bonchev–Trinajstić information content (AvgIpc) is 2.80. The van der Waals surface area contributed by atoms with Crippen molar-refractivity contribution in [2.45, 2.75) is 12.6 Å². The van der Waals surface area contributed by atoms with E-state index in [-0.39, 0.29) is 12.4 Å². The van der Waals surface area contributed by atoms with E-state index in [1.54, 1.807) is 12.1 Å². The van der Waals surface area contributed by atoms with Gasteiger partial charge in [-0.05, 0) is 11.6 Å². The number of benzene rings is 1. The van der Waals surface area contributed by atoms with Gasteiger partial charge >= 0.3 is 6.18 Å². The van der Waals surface area contributed by atoms with E-state index < -0.39 is 11.7 Å². The van der Waals surface area contributed by atoms with Crippen LogP contribution in [0.15, 0.2) is 36.5 Å². The van der Waals surface area contributed by atoms with Crippen LogP contribution in [0, 0.1) is 0 Å². The molecule has 2 aromatic heterocycles. The third-order valence-corrected chi connectivity index (χ3v) is 2.96. The second-order valence-electron chi connectivity index (χ2n) is 4.48. The van der Waals surface area contributed by atoms with Gasteiger partial charge in [0.15, 0.2) is 5.65 Å². The SMILES string of the molecule is Nc1nc2ccnc(Cc3cccc(C(F)(F)F)c3)n2n1. The van der Waals surface area contributed by atoms with Crippen molar-refractivity contribution in [3.8, 4) is 0 Å². The summed E-state index contributed by atoms with van der Waals surface area (Å²) in [5, 5.41) is 3.98. The van der Waals surface area contributed by atoms with E-state index in [9.17, 15) is 13.2 Å². The fraction of sp³-hybridized carbons (Fsp3) is 0.154. The van der Waals surface area contributed by atoms with Gasteiger partial charge in [0.1, 0.15) is 5.82 Å². The Bertz CT molecular complexity index is 794. The predicted molar refractivity (Wildman–Crippen MR) is 69.4 cm³/mol. The Morgan fingerprint density at radius 2 is 2.00 bits per heavy atom. The molecule has 2 N–H and O–H groups in total. The van der Waals surface area contributed by atoms with Crippen molar-refractivity contribution in [2.24, 2.45) is 0 Å². The molecule has 21 heavy (non-hydrogen) atoms. The highest BCUT2D eigenvalue weighted by atomic mass is 19.4. The van der Waals surface area contributed by atoms with Gasteiger partial charge < -0.3 is 5.73 Å². The molecule has 0 saturated carbocycles. The summed E-state index contributed by atoms with van der Waals surface area (Å²) in [7, 11) is 0. The van der Waals surface area contributed by atoms with Gasteiger partial charge in [0.25, 0.3) is 0 Å². The van der Waals surface area contributed by atoms with Gasteiger partial charge in [0.05, 0.1) is 5.56 Å². The number of anilines is 1. The second kappa shape index (κ2) is 4.72. The molecular formula is C13H10F3N5. The first-order chi connectivity index (χ1) is 9.93. The maximum Gasteiger partial charge on any atom is 0.416 e. The van der Waals surface area contributed by atoms with Crippen LogP contribution in [0.5, 0.6) is 0 Å². The molecule has 0 aliphatic heterocycles. The zero-order valence-corrected chi connectivity index (χ0v) is 10.7. The quantitative estimate of drug-likeness (QED) is 0.787. The number of hydrogen-bond donors (Lipinski definition) is 1. The van der Waals surface area contributed by atoms with E-state index in [1.807, 2.05) is 0 Å². The normalized spacial score (nSPS) is 12.0. The molecule has 0 bridgehead atoms. The summed E-state index contributed by atoms with van der Waals surface area (Å²) in [5.41, 5.74) is 5.81. The highest BCUT2D eigenvalue weighted by molar-refractivity contribution is 5.41. The number of rotatable bonds is 2. The van der Waals surface area contributed by atoms with Gasteiger partial charge in [-0.15, -0.1) is 5.10 Å². The fourth-order valence-corrected chi connectivity index (χ4v) is 2.04. The third-order valence-electron chi connectivity index (χ3n) is 2.96. The van der Waals surface area contributed by atoms with E-state index in [4.69, 9.17) is 5.73 Å². The first kappa shape index (κ1) is 13.3. The highest BCUT2D eigenvalue weighted by Gasteiger charge is 2.30. The summed E-state index contributed by atoms with van der Waals surface area (Å²) in [6.07, 6.45) is -2.65. The average molecular weight is 293 g/mol. The molecule has 0 fully saturated rings. The van der Waals surface area contributed by atoms with Crippen LogP contribution in [0.3, 0.4) is 0 Å². The lowest BCUT2D eigenvalue weighted by molar-refractivity contribution is -0.137.